The van der Waals surface area contributed by atoms with Crippen molar-refractivity contribution in [3.63, 3.8) is 0 Å². The van der Waals surface area contributed by atoms with E-state index in [0.717, 1.165) is 4.90 Å². The fourth-order valence-electron chi connectivity index (χ4n) is 1.82. The summed E-state index contributed by atoms with van der Waals surface area (Å²) in [7, 11) is 0. The van der Waals surface area contributed by atoms with Crippen molar-refractivity contribution < 1.29 is 19.1 Å². The van der Waals surface area contributed by atoms with Crippen LogP contribution in [0, 0.1) is 0 Å². The van der Waals surface area contributed by atoms with E-state index < -0.39 is 24.2 Å². The van der Waals surface area contributed by atoms with Crippen LogP contribution in [0.25, 0.3) is 0 Å². The van der Waals surface area contributed by atoms with Crippen LogP contribution in [0.15, 0.2) is 18.6 Å². The van der Waals surface area contributed by atoms with Crippen LogP contribution in [-0.2, 0) is 4.79 Å². The summed E-state index contributed by atoms with van der Waals surface area (Å²) in [5.74, 6) is -0.395. The van der Waals surface area contributed by atoms with E-state index in [4.69, 9.17) is 5.11 Å². The number of carbonyl (C=O) groups is 2. The molecule has 2 rings (SSSR count). The summed E-state index contributed by atoms with van der Waals surface area (Å²) in [6.07, 6.45) is 1.38. The first-order chi connectivity index (χ1) is 8.58. The average Bonchev–Trinajstić information content (AvgIpc) is 2.73. The molecule has 0 radical (unpaired) electrons. The van der Waals surface area contributed by atoms with Gasteiger partial charge in [0.1, 0.15) is 12.2 Å². The van der Waals surface area contributed by atoms with Gasteiger partial charge in [0, 0.05) is 18.8 Å². The Hall–Kier alpha value is -2.25. The van der Waals surface area contributed by atoms with Crippen LogP contribution >= 0.6 is 0 Å². The second kappa shape index (κ2) is 4.94. The zero-order chi connectivity index (χ0) is 13.1. The van der Waals surface area contributed by atoms with E-state index in [0.29, 0.717) is 0 Å². The Morgan fingerprint density at radius 2 is 2.28 bits per heavy atom. The number of halogens is 1. The first kappa shape index (κ1) is 12.2. The molecule has 1 saturated heterocycles. The van der Waals surface area contributed by atoms with Crippen molar-refractivity contribution in [3.8, 4) is 0 Å². The Kier molecular flexibility index (Phi) is 3.35. The van der Waals surface area contributed by atoms with Gasteiger partial charge in [-0.2, -0.15) is 0 Å². The summed E-state index contributed by atoms with van der Waals surface area (Å²) >= 11 is 0. The quantitative estimate of drug-likeness (QED) is 0.801. The SMILES string of the molecule is O=C(Nc1cnccn1)C1CC(F)CN1C(=O)O. The lowest BCUT2D eigenvalue weighted by Crippen LogP contribution is -2.42. The third kappa shape index (κ3) is 2.53. The van der Waals surface area contributed by atoms with Crippen LogP contribution in [0.5, 0.6) is 0 Å². The molecule has 18 heavy (non-hydrogen) atoms. The topological polar surface area (TPSA) is 95.4 Å². The first-order valence-electron chi connectivity index (χ1n) is 5.28. The Morgan fingerprint density at radius 1 is 1.50 bits per heavy atom. The predicted molar refractivity (Wildman–Crippen MR) is 58.7 cm³/mol. The van der Waals surface area contributed by atoms with Crippen LogP contribution in [0.4, 0.5) is 15.0 Å². The van der Waals surface area contributed by atoms with E-state index in [2.05, 4.69) is 15.3 Å². The highest BCUT2D eigenvalue weighted by Gasteiger charge is 2.40. The lowest BCUT2D eigenvalue weighted by molar-refractivity contribution is -0.120. The van der Waals surface area contributed by atoms with Gasteiger partial charge in [0.25, 0.3) is 0 Å². The van der Waals surface area contributed by atoms with Crippen molar-refractivity contribution in [2.45, 2.75) is 18.6 Å². The molecule has 1 fully saturated rings. The van der Waals surface area contributed by atoms with Gasteiger partial charge in [-0.05, 0) is 0 Å². The molecular formula is C10H11FN4O3. The minimum atomic E-state index is -1.32. The number of nitrogens with one attached hydrogen (secondary N) is 1. The number of carboxylic acid groups (broad SMARTS) is 1. The maximum atomic E-state index is 13.2. The summed E-state index contributed by atoms with van der Waals surface area (Å²) in [5.41, 5.74) is 0. The van der Waals surface area contributed by atoms with Crippen molar-refractivity contribution in [3.05, 3.63) is 18.6 Å². The highest BCUT2D eigenvalue weighted by molar-refractivity contribution is 5.96. The maximum absolute atomic E-state index is 13.2. The van der Waals surface area contributed by atoms with Gasteiger partial charge in [-0.25, -0.2) is 14.2 Å². The summed E-state index contributed by atoms with van der Waals surface area (Å²) in [6.45, 7) is -0.284. The minimum Gasteiger partial charge on any atom is -0.465 e. The summed E-state index contributed by atoms with van der Waals surface area (Å²) < 4.78 is 13.2. The molecule has 0 aliphatic carbocycles. The number of likely N-dealkylation sites (tertiary alicyclic amines) is 1. The van der Waals surface area contributed by atoms with E-state index in [9.17, 15) is 14.0 Å². The molecule has 0 aromatic carbocycles. The molecule has 8 heteroatoms. The third-order valence-electron chi connectivity index (χ3n) is 2.61. The fraction of sp³-hybridized carbons (Fsp3) is 0.400. The zero-order valence-corrected chi connectivity index (χ0v) is 9.28. The summed E-state index contributed by atoms with van der Waals surface area (Å²) in [6, 6.07) is -1.03. The van der Waals surface area contributed by atoms with Crippen LogP contribution in [0.1, 0.15) is 6.42 Å². The van der Waals surface area contributed by atoms with Gasteiger partial charge in [-0.15, -0.1) is 0 Å². The average molecular weight is 254 g/mol. The first-order valence-corrected chi connectivity index (χ1v) is 5.28. The van der Waals surface area contributed by atoms with E-state index in [1.54, 1.807) is 0 Å². The molecule has 1 aromatic rings. The molecule has 0 spiro atoms. The highest BCUT2D eigenvalue weighted by atomic mass is 19.1. The highest BCUT2D eigenvalue weighted by Crippen LogP contribution is 2.21. The fourth-order valence-corrected chi connectivity index (χ4v) is 1.82. The van der Waals surface area contributed by atoms with Crippen LogP contribution in [-0.4, -0.2) is 50.7 Å². The lowest BCUT2D eigenvalue weighted by atomic mass is 10.2. The standard InChI is InChI=1S/C10H11FN4O3/c11-6-3-7(15(5-6)10(17)18)9(16)14-8-4-12-1-2-13-8/h1-2,4,6-7H,3,5H2,(H,17,18)(H,13,14,16). The largest absolute Gasteiger partial charge is 0.465 e. The molecule has 0 saturated carbocycles. The van der Waals surface area contributed by atoms with Crippen LogP contribution < -0.4 is 5.32 Å². The molecule has 1 aromatic heterocycles. The smallest absolute Gasteiger partial charge is 0.408 e. The molecule has 1 aliphatic heterocycles. The Labute approximate surface area is 102 Å². The molecule has 2 unspecified atom stereocenters. The monoisotopic (exact) mass is 254 g/mol. The Bertz CT molecular complexity index is 456. The number of rotatable bonds is 2. The number of hydrogen-bond donors (Lipinski definition) is 2. The van der Waals surface area contributed by atoms with Crippen LogP contribution in [0.2, 0.25) is 0 Å². The number of hydrogen-bond acceptors (Lipinski definition) is 4. The van der Waals surface area contributed by atoms with Crippen molar-refractivity contribution in [2.75, 3.05) is 11.9 Å². The molecule has 2 heterocycles. The zero-order valence-electron chi connectivity index (χ0n) is 9.28. The summed E-state index contributed by atoms with van der Waals surface area (Å²) in [4.78, 5) is 31.1. The molecule has 7 nitrogen and oxygen atoms in total. The lowest BCUT2D eigenvalue weighted by Gasteiger charge is -2.19. The number of amides is 2. The molecule has 2 N–H and O–H groups in total. The van der Waals surface area contributed by atoms with Crippen LogP contribution in [0.3, 0.4) is 0 Å². The van der Waals surface area contributed by atoms with Gasteiger partial charge in [0.05, 0.1) is 12.7 Å². The van der Waals surface area contributed by atoms with Gasteiger partial charge in [-0.1, -0.05) is 0 Å². The maximum Gasteiger partial charge on any atom is 0.408 e. The molecular weight excluding hydrogens is 243 g/mol. The summed E-state index contributed by atoms with van der Waals surface area (Å²) in [5, 5.41) is 11.3. The van der Waals surface area contributed by atoms with Gasteiger partial charge in [-0.3, -0.25) is 14.7 Å². The Balaban J connectivity index is 2.06. The second-order valence-corrected chi connectivity index (χ2v) is 3.86. The number of alkyl halides is 1. The number of anilines is 1. The predicted octanol–water partition coefficient (Wildman–Crippen LogP) is 0.506. The number of carbonyl (C=O) groups excluding carboxylic acids is 1. The van der Waals surface area contributed by atoms with Crippen molar-refractivity contribution in [2.24, 2.45) is 0 Å². The van der Waals surface area contributed by atoms with E-state index >= 15 is 0 Å². The number of aromatic nitrogens is 2. The van der Waals surface area contributed by atoms with E-state index in [-0.39, 0.29) is 18.8 Å². The van der Waals surface area contributed by atoms with Crippen molar-refractivity contribution in [1.82, 2.24) is 14.9 Å². The number of nitrogens with zero attached hydrogens (tertiary/aromatic N) is 3. The van der Waals surface area contributed by atoms with Crippen molar-refractivity contribution >= 4 is 17.8 Å². The van der Waals surface area contributed by atoms with Gasteiger partial charge < -0.3 is 10.4 Å². The Morgan fingerprint density at radius 3 is 2.89 bits per heavy atom. The third-order valence-corrected chi connectivity index (χ3v) is 2.61. The minimum absolute atomic E-state index is 0.140. The molecule has 0 bridgehead atoms. The van der Waals surface area contributed by atoms with E-state index in [1.165, 1.54) is 18.6 Å². The molecule has 1 aliphatic rings. The normalized spacial score (nSPS) is 22.8. The molecule has 2 amide bonds. The molecule has 96 valence electrons. The molecule has 2 atom stereocenters. The van der Waals surface area contributed by atoms with Gasteiger partial charge in [0.2, 0.25) is 5.91 Å². The van der Waals surface area contributed by atoms with Gasteiger partial charge >= 0.3 is 6.09 Å². The van der Waals surface area contributed by atoms with Crippen molar-refractivity contribution in [1.29, 1.82) is 0 Å². The second-order valence-electron chi connectivity index (χ2n) is 3.86. The van der Waals surface area contributed by atoms with E-state index in [1.807, 2.05) is 0 Å². The van der Waals surface area contributed by atoms with Gasteiger partial charge in [0.15, 0.2) is 5.82 Å².